The van der Waals surface area contributed by atoms with Gasteiger partial charge < -0.3 is 15.7 Å². The van der Waals surface area contributed by atoms with Gasteiger partial charge in [-0.15, -0.1) is 23.1 Å². The van der Waals surface area contributed by atoms with E-state index >= 15 is 0 Å². The third-order valence-corrected chi connectivity index (χ3v) is 5.84. The van der Waals surface area contributed by atoms with Crippen LogP contribution in [-0.2, 0) is 9.59 Å². The molecule has 0 radical (unpaired) electrons. The van der Waals surface area contributed by atoms with Crippen molar-refractivity contribution in [2.75, 3.05) is 0 Å². The fraction of sp³-hybridized carbons (Fsp3) is 0.308. The van der Waals surface area contributed by atoms with E-state index in [1.54, 1.807) is 5.51 Å². The van der Waals surface area contributed by atoms with Gasteiger partial charge in [-0.05, 0) is 13.0 Å². The van der Waals surface area contributed by atoms with Gasteiger partial charge in [-0.1, -0.05) is 6.08 Å². The molecular formula is C13H13N3O3S2. The number of hydrogen-bond donors (Lipinski definition) is 2. The van der Waals surface area contributed by atoms with Crippen LogP contribution in [0.25, 0.3) is 6.08 Å². The van der Waals surface area contributed by atoms with Gasteiger partial charge in [0.25, 0.3) is 0 Å². The molecule has 8 heteroatoms. The highest BCUT2D eigenvalue weighted by atomic mass is 32.2. The maximum atomic E-state index is 11.6. The molecule has 3 N–H and O–H groups in total. The summed E-state index contributed by atoms with van der Waals surface area (Å²) in [6.45, 7) is 1.90. The average Bonchev–Trinajstić information content (AvgIpc) is 2.88. The first-order chi connectivity index (χ1) is 9.99. The lowest BCUT2D eigenvalue weighted by molar-refractivity contribution is -0.140. The molecule has 0 spiro atoms. The number of thioether (sulfide) groups is 1. The number of thiazole rings is 1. The summed E-state index contributed by atoms with van der Waals surface area (Å²) in [5, 5.41) is 8.79. The number of rotatable bonds is 3. The first kappa shape index (κ1) is 14.3. The number of nitrogens with zero attached hydrogens (tertiary/aromatic N) is 2. The van der Waals surface area contributed by atoms with Crippen LogP contribution in [0, 0.1) is 6.92 Å². The summed E-state index contributed by atoms with van der Waals surface area (Å²) >= 11 is 2.89. The number of aliphatic carboxylic acids is 1. The van der Waals surface area contributed by atoms with Gasteiger partial charge in [-0.2, -0.15) is 0 Å². The lowest BCUT2D eigenvalue weighted by Gasteiger charge is -2.46. The summed E-state index contributed by atoms with van der Waals surface area (Å²) in [4.78, 5) is 29.5. The van der Waals surface area contributed by atoms with Gasteiger partial charge in [0.1, 0.15) is 11.4 Å². The minimum Gasteiger partial charge on any atom is -0.478 e. The zero-order chi connectivity index (χ0) is 15.1. The Morgan fingerprint density at radius 1 is 1.57 bits per heavy atom. The third kappa shape index (κ3) is 2.39. The topological polar surface area (TPSA) is 96.5 Å². The highest BCUT2D eigenvalue weighted by Gasteiger charge is 2.49. The van der Waals surface area contributed by atoms with Gasteiger partial charge in [-0.3, -0.25) is 4.79 Å². The van der Waals surface area contributed by atoms with Crippen LogP contribution in [0.1, 0.15) is 10.6 Å². The molecule has 2 aliphatic heterocycles. The predicted octanol–water partition coefficient (Wildman–Crippen LogP) is 1.04. The Bertz CT molecular complexity index is 667. The first-order valence-electron chi connectivity index (χ1n) is 6.25. The molecule has 2 aliphatic rings. The lowest BCUT2D eigenvalue weighted by Crippen LogP contribution is -2.66. The Labute approximate surface area is 129 Å². The van der Waals surface area contributed by atoms with E-state index in [1.165, 1.54) is 34.2 Å². The standard InChI is InChI=1S/C13H13N3O3S2/c1-6-8(20-5-15-6)2-3-9-7(13(18)19)4-16-11(17)10(14)12(16)21-9/h2-5,9-10,12H,14H2,1H3,(H,18,19)/t9?,10?,12-/m1/s1. The molecule has 3 atom stereocenters. The third-order valence-electron chi connectivity index (χ3n) is 3.44. The van der Waals surface area contributed by atoms with Crippen molar-refractivity contribution >= 4 is 41.1 Å². The van der Waals surface area contributed by atoms with E-state index in [2.05, 4.69) is 4.98 Å². The molecule has 21 heavy (non-hydrogen) atoms. The van der Waals surface area contributed by atoms with Crippen molar-refractivity contribution in [3.05, 3.63) is 33.9 Å². The smallest absolute Gasteiger partial charge is 0.334 e. The predicted molar refractivity (Wildman–Crippen MR) is 81.6 cm³/mol. The second-order valence-electron chi connectivity index (χ2n) is 4.77. The number of β-lactam (4-membered cyclic amide) rings is 1. The number of amides is 1. The van der Waals surface area contributed by atoms with Gasteiger partial charge >= 0.3 is 5.97 Å². The molecule has 110 valence electrons. The molecule has 3 rings (SSSR count). The summed E-state index contributed by atoms with van der Waals surface area (Å²) in [6, 6.07) is -0.553. The molecule has 2 unspecified atom stereocenters. The molecule has 0 aromatic carbocycles. The number of carboxylic acid groups (broad SMARTS) is 1. The summed E-state index contributed by atoms with van der Waals surface area (Å²) in [5.74, 6) is -1.25. The molecule has 1 aromatic heterocycles. The van der Waals surface area contributed by atoms with Gasteiger partial charge in [0.05, 0.1) is 22.0 Å². The van der Waals surface area contributed by atoms with Crippen molar-refractivity contribution in [3.8, 4) is 0 Å². The Balaban J connectivity index is 1.87. The summed E-state index contributed by atoms with van der Waals surface area (Å²) in [5.41, 5.74) is 8.61. The van der Waals surface area contributed by atoms with Crippen molar-refractivity contribution in [2.24, 2.45) is 5.73 Å². The summed E-state index contributed by atoms with van der Waals surface area (Å²) in [6.07, 6.45) is 5.12. The molecule has 1 aromatic rings. The normalized spacial score (nSPS) is 28.3. The number of nitrogens with two attached hydrogens (primary N) is 1. The van der Waals surface area contributed by atoms with E-state index in [0.717, 1.165) is 10.6 Å². The fourth-order valence-electron chi connectivity index (χ4n) is 2.22. The monoisotopic (exact) mass is 323 g/mol. The van der Waals surface area contributed by atoms with Crippen LogP contribution in [0.15, 0.2) is 23.4 Å². The molecule has 0 saturated carbocycles. The largest absolute Gasteiger partial charge is 0.478 e. The highest BCUT2D eigenvalue weighted by Crippen LogP contribution is 2.40. The van der Waals surface area contributed by atoms with E-state index in [1.807, 2.05) is 19.1 Å². The second kappa shape index (κ2) is 5.28. The van der Waals surface area contributed by atoms with E-state index in [4.69, 9.17) is 5.73 Å². The lowest BCUT2D eigenvalue weighted by atomic mass is 10.1. The van der Waals surface area contributed by atoms with Crippen LogP contribution < -0.4 is 5.73 Å². The quantitative estimate of drug-likeness (QED) is 0.807. The average molecular weight is 323 g/mol. The number of fused-ring (bicyclic) bond motifs is 1. The van der Waals surface area contributed by atoms with Crippen molar-refractivity contribution < 1.29 is 14.7 Å². The molecule has 3 heterocycles. The molecule has 1 saturated heterocycles. The molecule has 1 amide bonds. The van der Waals surface area contributed by atoms with Gasteiger partial charge in [-0.25, -0.2) is 9.78 Å². The highest BCUT2D eigenvalue weighted by molar-refractivity contribution is 8.01. The second-order valence-corrected chi connectivity index (χ2v) is 6.92. The summed E-state index contributed by atoms with van der Waals surface area (Å²) in [7, 11) is 0. The van der Waals surface area contributed by atoms with E-state index in [0.29, 0.717) is 0 Å². The van der Waals surface area contributed by atoms with Crippen molar-refractivity contribution in [1.29, 1.82) is 0 Å². The Morgan fingerprint density at radius 3 is 2.95 bits per heavy atom. The number of carboxylic acids is 1. The van der Waals surface area contributed by atoms with Crippen LogP contribution in [0.5, 0.6) is 0 Å². The maximum Gasteiger partial charge on any atom is 0.334 e. The Kier molecular flexibility index (Phi) is 3.60. The van der Waals surface area contributed by atoms with E-state index in [9.17, 15) is 14.7 Å². The molecule has 0 bridgehead atoms. The molecule has 6 nitrogen and oxygen atoms in total. The van der Waals surface area contributed by atoms with Gasteiger partial charge in [0, 0.05) is 11.1 Å². The van der Waals surface area contributed by atoms with Crippen molar-refractivity contribution in [2.45, 2.75) is 23.6 Å². The Hall–Kier alpha value is -1.64. The number of aromatic nitrogens is 1. The van der Waals surface area contributed by atoms with Crippen molar-refractivity contribution in [3.63, 3.8) is 0 Å². The zero-order valence-electron chi connectivity index (χ0n) is 11.1. The zero-order valence-corrected chi connectivity index (χ0v) is 12.7. The Morgan fingerprint density at radius 2 is 2.33 bits per heavy atom. The van der Waals surface area contributed by atoms with Crippen LogP contribution in [-0.4, -0.2) is 43.5 Å². The molecular weight excluding hydrogens is 310 g/mol. The number of carbonyl (C=O) groups is 2. The van der Waals surface area contributed by atoms with Gasteiger partial charge in [0.15, 0.2) is 0 Å². The first-order valence-corrected chi connectivity index (χ1v) is 8.08. The van der Waals surface area contributed by atoms with Crippen LogP contribution in [0.3, 0.4) is 0 Å². The minimum atomic E-state index is -1.02. The number of aryl methyl sites for hydroxylation is 1. The summed E-state index contributed by atoms with van der Waals surface area (Å²) < 4.78 is 0. The minimum absolute atomic E-state index is 0.183. The van der Waals surface area contributed by atoms with Crippen LogP contribution in [0.4, 0.5) is 0 Å². The fourth-order valence-corrected chi connectivity index (χ4v) is 4.28. The number of carbonyl (C=O) groups excluding carboxylic acids is 1. The molecule has 1 fully saturated rings. The van der Waals surface area contributed by atoms with E-state index < -0.39 is 12.0 Å². The van der Waals surface area contributed by atoms with Crippen LogP contribution in [0.2, 0.25) is 0 Å². The maximum absolute atomic E-state index is 11.6. The van der Waals surface area contributed by atoms with E-state index in [-0.39, 0.29) is 22.1 Å². The van der Waals surface area contributed by atoms with Gasteiger partial charge in [0.2, 0.25) is 5.91 Å². The van der Waals surface area contributed by atoms with Crippen LogP contribution >= 0.6 is 23.1 Å². The SMILES string of the molecule is Cc1ncsc1C=CC1S[C@@H]2C(N)C(=O)N2C=C1C(=O)O. The van der Waals surface area contributed by atoms with Crippen molar-refractivity contribution in [1.82, 2.24) is 9.88 Å². The number of hydrogen-bond acceptors (Lipinski definition) is 6. The molecule has 0 aliphatic carbocycles.